The standard InChI is InChI=1S/C24H25ClFN5O/c1-14(28)3-2-4-16-9-19(22(26)20(25)10-16)21-11-17-13-31(24(32)30-23(17)29-21)18-7-5-15(12-27)6-8-18/h5-11,13-14H,2-4,12,27-28H2,1H3,(H,29,30,32)/t14-/m0/s1. The molecule has 0 saturated carbocycles. The van der Waals surface area contributed by atoms with Crippen molar-refractivity contribution in [3.05, 3.63) is 81.1 Å². The molecule has 4 rings (SSSR count). The third-order valence-electron chi connectivity index (χ3n) is 5.46. The van der Waals surface area contributed by atoms with Crippen molar-refractivity contribution in [3.63, 3.8) is 0 Å². The predicted molar refractivity (Wildman–Crippen MR) is 127 cm³/mol. The Morgan fingerprint density at radius 3 is 2.62 bits per heavy atom. The van der Waals surface area contributed by atoms with Gasteiger partial charge in [-0.15, -0.1) is 0 Å². The summed E-state index contributed by atoms with van der Waals surface area (Å²) in [5, 5.41) is 0.741. The molecule has 0 bridgehead atoms. The monoisotopic (exact) mass is 453 g/mol. The quantitative estimate of drug-likeness (QED) is 0.388. The number of nitrogens with two attached hydrogens (primary N) is 2. The summed E-state index contributed by atoms with van der Waals surface area (Å²) in [6.07, 6.45) is 4.19. The van der Waals surface area contributed by atoms with Crippen LogP contribution in [0, 0.1) is 5.82 Å². The lowest BCUT2D eigenvalue weighted by atomic mass is 10.0. The maximum atomic E-state index is 14.9. The number of hydrogen-bond acceptors (Lipinski definition) is 4. The van der Waals surface area contributed by atoms with E-state index in [-0.39, 0.29) is 11.1 Å². The second-order valence-electron chi connectivity index (χ2n) is 8.06. The van der Waals surface area contributed by atoms with Crippen molar-refractivity contribution in [3.8, 4) is 16.9 Å². The zero-order chi connectivity index (χ0) is 22.8. The Balaban J connectivity index is 1.72. The fourth-order valence-electron chi connectivity index (χ4n) is 3.73. The molecule has 0 aliphatic heterocycles. The Bertz CT molecular complexity index is 1310. The van der Waals surface area contributed by atoms with Gasteiger partial charge in [-0.2, -0.15) is 4.98 Å². The van der Waals surface area contributed by atoms with Gasteiger partial charge < -0.3 is 16.5 Å². The summed E-state index contributed by atoms with van der Waals surface area (Å²) in [4.78, 5) is 19.8. The lowest BCUT2D eigenvalue weighted by molar-refractivity contribution is 0.618. The molecular weight excluding hydrogens is 429 g/mol. The van der Waals surface area contributed by atoms with Crippen LogP contribution in [0.25, 0.3) is 28.0 Å². The molecule has 2 heterocycles. The molecule has 5 N–H and O–H groups in total. The Hall–Kier alpha value is -3.00. The highest BCUT2D eigenvalue weighted by molar-refractivity contribution is 6.31. The van der Waals surface area contributed by atoms with E-state index in [4.69, 9.17) is 23.1 Å². The zero-order valence-electron chi connectivity index (χ0n) is 17.7. The molecule has 2 aromatic heterocycles. The number of fused-ring (bicyclic) bond motifs is 1. The molecule has 8 heteroatoms. The first kappa shape index (κ1) is 22.2. The van der Waals surface area contributed by atoms with Gasteiger partial charge in [0.2, 0.25) is 0 Å². The largest absolute Gasteiger partial charge is 0.354 e. The van der Waals surface area contributed by atoms with E-state index in [2.05, 4.69) is 9.97 Å². The predicted octanol–water partition coefficient (Wildman–Crippen LogP) is 4.30. The van der Waals surface area contributed by atoms with Crippen molar-refractivity contribution >= 4 is 22.6 Å². The van der Waals surface area contributed by atoms with E-state index in [1.807, 2.05) is 31.2 Å². The first-order valence-corrected chi connectivity index (χ1v) is 10.9. The van der Waals surface area contributed by atoms with Gasteiger partial charge in [0.25, 0.3) is 0 Å². The number of halogens is 2. The topological polar surface area (TPSA) is 103 Å². The minimum absolute atomic E-state index is 0.0597. The van der Waals surface area contributed by atoms with Gasteiger partial charge in [0.05, 0.1) is 16.4 Å². The van der Waals surface area contributed by atoms with Crippen LogP contribution in [0.5, 0.6) is 0 Å². The zero-order valence-corrected chi connectivity index (χ0v) is 18.5. The Labute approximate surface area is 190 Å². The van der Waals surface area contributed by atoms with Crippen LogP contribution in [-0.2, 0) is 13.0 Å². The van der Waals surface area contributed by atoms with Gasteiger partial charge in [-0.3, -0.25) is 4.57 Å². The Morgan fingerprint density at radius 1 is 1.19 bits per heavy atom. The lowest BCUT2D eigenvalue weighted by Crippen LogP contribution is -2.20. The van der Waals surface area contributed by atoms with Gasteiger partial charge in [-0.1, -0.05) is 23.7 Å². The van der Waals surface area contributed by atoms with Crippen LogP contribution in [0.4, 0.5) is 4.39 Å². The molecule has 0 aliphatic carbocycles. The average molecular weight is 454 g/mol. The molecule has 32 heavy (non-hydrogen) atoms. The first-order valence-electron chi connectivity index (χ1n) is 10.5. The highest BCUT2D eigenvalue weighted by atomic mass is 35.5. The van der Waals surface area contributed by atoms with Crippen molar-refractivity contribution in [1.82, 2.24) is 14.5 Å². The fourth-order valence-corrected chi connectivity index (χ4v) is 3.97. The van der Waals surface area contributed by atoms with Crippen LogP contribution in [0.1, 0.15) is 30.9 Å². The number of nitrogens with one attached hydrogen (secondary N) is 1. The molecule has 0 fully saturated rings. The molecule has 6 nitrogen and oxygen atoms in total. The van der Waals surface area contributed by atoms with E-state index >= 15 is 0 Å². The van der Waals surface area contributed by atoms with Gasteiger partial charge in [0.1, 0.15) is 5.65 Å². The normalized spacial score (nSPS) is 12.4. The maximum Gasteiger partial charge on any atom is 0.354 e. The molecule has 0 spiro atoms. The van der Waals surface area contributed by atoms with E-state index in [0.29, 0.717) is 34.5 Å². The number of rotatable bonds is 7. The molecule has 4 aromatic rings. The van der Waals surface area contributed by atoms with Crippen LogP contribution < -0.4 is 17.2 Å². The van der Waals surface area contributed by atoms with Crippen molar-refractivity contribution < 1.29 is 4.39 Å². The number of hydrogen-bond donors (Lipinski definition) is 3. The first-order chi connectivity index (χ1) is 15.4. The van der Waals surface area contributed by atoms with E-state index in [1.54, 1.807) is 24.4 Å². The number of aromatic nitrogens is 3. The van der Waals surface area contributed by atoms with E-state index in [0.717, 1.165) is 30.4 Å². The van der Waals surface area contributed by atoms with E-state index in [1.165, 1.54) is 4.57 Å². The smallest absolute Gasteiger partial charge is 0.339 e. The van der Waals surface area contributed by atoms with Crippen LogP contribution in [0.15, 0.2) is 53.5 Å². The van der Waals surface area contributed by atoms with Crippen LogP contribution >= 0.6 is 11.6 Å². The molecule has 0 aliphatic rings. The number of aromatic amines is 1. The summed E-state index contributed by atoms with van der Waals surface area (Å²) in [5.74, 6) is -0.512. The summed E-state index contributed by atoms with van der Waals surface area (Å²) in [6.45, 7) is 2.38. The Morgan fingerprint density at radius 2 is 1.94 bits per heavy atom. The molecule has 0 radical (unpaired) electrons. The van der Waals surface area contributed by atoms with Crippen molar-refractivity contribution in [2.75, 3.05) is 0 Å². The molecule has 0 saturated heterocycles. The third kappa shape index (κ3) is 4.60. The molecule has 166 valence electrons. The number of H-pyrrole nitrogens is 1. The Kier molecular flexibility index (Phi) is 6.41. The van der Waals surface area contributed by atoms with Crippen molar-refractivity contribution in [2.24, 2.45) is 11.5 Å². The molecule has 0 amide bonds. The summed E-state index contributed by atoms with van der Waals surface area (Å²) in [6, 6.07) is 12.7. The fraction of sp³-hybridized carbons (Fsp3) is 0.250. The maximum absolute atomic E-state index is 14.9. The van der Waals surface area contributed by atoms with Crippen LogP contribution in [0.2, 0.25) is 5.02 Å². The van der Waals surface area contributed by atoms with Gasteiger partial charge in [-0.05, 0) is 67.6 Å². The second kappa shape index (κ2) is 9.24. The number of benzene rings is 2. The SMILES string of the molecule is C[C@H](N)CCCc1cc(Cl)c(F)c(-c2cc3cn(-c4ccc(CN)cc4)c(=O)nc3[nH]2)c1. The molecule has 1 atom stereocenters. The highest BCUT2D eigenvalue weighted by Crippen LogP contribution is 2.31. The van der Waals surface area contributed by atoms with Gasteiger partial charge in [0, 0.05) is 29.7 Å². The summed E-state index contributed by atoms with van der Waals surface area (Å²) >= 11 is 6.17. The van der Waals surface area contributed by atoms with Gasteiger partial charge >= 0.3 is 5.69 Å². The summed E-state index contributed by atoms with van der Waals surface area (Å²) < 4.78 is 16.3. The van der Waals surface area contributed by atoms with Gasteiger partial charge in [0.15, 0.2) is 5.82 Å². The third-order valence-corrected chi connectivity index (χ3v) is 5.74. The van der Waals surface area contributed by atoms with Crippen molar-refractivity contribution in [2.45, 2.75) is 38.8 Å². The van der Waals surface area contributed by atoms with Crippen LogP contribution in [0.3, 0.4) is 0 Å². The van der Waals surface area contributed by atoms with Crippen LogP contribution in [-0.4, -0.2) is 20.6 Å². The molecule has 2 aromatic carbocycles. The lowest BCUT2D eigenvalue weighted by Gasteiger charge is -2.09. The highest BCUT2D eigenvalue weighted by Gasteiger charge is 2.15. The molecule has 0 unspecified atom stereocenters. The second-order valence-corrected chi connectivity index (χ2v) is 8.47. The summed E-state index contributed by atoms with van der Waals surface area (Å²) in [7, 11) is 0. The summed E-state index contributed by atoms with van der Waals surface area (Å²) in [5.41, 5.74) is 14.8. The van der Waals surface area contributed by atoms with E-state index in [9.17, 15) is 9.18 Å². The number of nitrogens with zero attached hydrogens (tertiary/aromatic N) is 2. The number of aryl methyl sites for hydroxylation is 1. The van der Waals surface area contributed by atoms with E-state index < -0.39 is 11.5 Å². The minimum Gasteiger partial charge on any atom is -0.339 e. The minimum atomic E-state index is -0.512. The molecular formula is C24H25ClFN5O. The van der Waals surface area contributed by atoms with Gasteiger partial charge in [-0.25, -0.2) is 9.18 Å². The van der Waals surface area contributed by atoms with Crippen molar-refractivity contribution in [1.29, 1.82) is 0 Å². The average Bonchev–Trinajstić information content (AvgIpc) is 3.17.